The lowest BCUT2D eigenvalue weighted by atomic mass is 10.1. The minimum absolute atomic E-state index is 0.876. The molecule has 0 fully saturated rings. The van der Waals surface area contributed by atoms with Crippen molar-refractivity contribution in [1.29, 1.82) is 0 Å². The van der Waals surface area contributed by atoms with Gasteiger partial charge < -0.3 is 9.13 Å². The van der Waals surface area contributed by atoms with E-state index in [1.165, 1.54) is 59.9 Å². The number of fused-ring (bicyclic) bond motifs is 9. The maximum atomic E-state index is 5.61. The first kappa shape index (κ1) is 28.9. The van der Waals surface area contributed by atoms with Gasteiger partial charge in [0.2, 0.25) is 0 Å². The summed E-state index contributed by atoms with van der Waals surface area (Å²) < 4.78 is 7.15. The van der Waals surface area contributed by atoms with Crippen LogP contribution < -0.4 is 0 Å². The zero-order valence-corrected chi connectivity index (χ0v) is 28.5. The molecule has 4 nitrogen and oxygen atoms in total. The highest BCUT2D eigenvalue weighted by Gasteiger charge is 2.21. The number of hydrogen-bond donors (Lipinski definition) is 0. The van der Waals surface area contributed by atoms with Gasteiger partial charge in [-0.3, -0.25) is 4.57 Å². The lowest BCUT2D eigenvalue weighted by molar-refractivity contribution is 1.06. The predicted octanol–water partition coefficient (Wildman–Crippen LogP) is 12.3. The van der Waals surface area contributed by atoms with E-state index in [1.807, 2.05) is 0 Å². The average Bonchev–Trinajstić information content (AvgIpc) is 3.83. The molecule has 0 aliphatic rings. The fourth-order valence-electron chi connectivity index (χ4n) is 8.49. The monoisotopic (exact) mass is 664 g/mol. The molecule has 0 aliphatic carbocycles. The molecule has 0 spiro atoms. The van der Waals surface area contributed by atoms with Gasteiger partial charge in [0.25, 0.3) is 0 Å². The molecule has 0 radical (unpaired) electrons. The van der Waals surface area contributed by atoms with Gasteiger partial charge in [-0.1, -0.05) is 121 Å². The van der Waals surface area contributed by atoms with Crippen LogP contribution in [0.4, 0.5) is 0 Å². The Morgan fingerprint density at radius 3 is 1.38 bits per heavy atom. The second-order valence-corrected chi connectivity index (χ2v) is 13.7. The maximum absolute atomic E-state index is 5.61. The standard InChI is InChI=1S/C48H32N4/c1-31-26-27-47-39(28-31)37-18-6-12-24-45(37)52(47)48-30-32(50-41-20-8-2-14-33(41)34-15-3-9-21-42(34)50)29-40(49-48)38-19-7-13-25-46(38)51-43-22-10-4-16-35(43)36-17-5-11-23-44(36)51/h2-30H,1H3. The van der Waals surface area contributed by atoms with Crippen LogP contribution in [0.1, 0.15) is 5.56 Å². The zero-order chi connectivity index (χ0) is 34.3. The van der Waals surface area contributed by atoms with Crippen molar-refractivity contribution >= 4 is 65.4 Å². The molecule has 0 amide bonds. The molecule has 0 bridgehead atoms. The third kappa shape index (κ3) is 4.12. The van der Waals surface area contributed by atoms with Crippen LogP contribution in [0, 0.1) is 6.92 Å². The zero-order valence-electron chi connectivity index (χ0n) is 28.5. The normalized spacial score (nSPS) is 11.9. The topological polar surface area (TPSA) is 27.7 Å². The third-order valence-corrected chi connectivity index (χ3v) is 10.7. The summed E-state index contributed by atoms with van der Waals surface area (Å²) in [4.78, 5) is 5.61. The average molecular weight is 665 g/mol. The largest absolute Gasteiger partial charge is 0.309 e. The van der Waals surface area contributed by atoms with Crippen molar-refractivity contribution in [2.75, 3.05) is 0 Å². The van der Waals surface area contributed by atoms with Crippen molar-refractivity contribution in [3.05, 3.63) is 181 Å². The molecule has 4 heteroatoms. The molecular weight excluding hydrogens is 633 g/mol. The van der Waals surface area contributed by atoms with E-state index in [0.29, 0.717) is 0 Å². The van der Waals surface area contributed by atoms with Gasteiger partial charge in [-0.2, -0.15) is 0 Å². The number of hydrogen-bond acceptors (Lipinski definition) is 1. The van der Waals surface area contributed by atoms with Crippen LogP contribution in [0.2, 0.25) is 0 Å². The first-order chi connectivity index (χ1) is 25.7. The van der Waals surface area contributed by atoms with E-state index >= 15 is 0 Å². The molecule has 0 atom stereocenters. The summed E-state index contributed by atoms with van der Waals surface area (Å²) in [5.74, 6) is 0.876. The Morgan fingerprint density at radius 1 is 0.365 bits per heavy atom. The molecule has 0 saturated carbocycles. The second kappa shape index (κ2) is 11.0. The molecule has 244 valence electrons. The van der Waals surface area contributed by atoms with Gasteiger partial charge in [0.15, 0.2) is 0 Å². The summed E-state index contributed by atoms with van der Waals surface area (Å²) in [6, 6.07) is 63.5. The van der Waals surface area contributed by atoms with E-state index in [4.69, 9.17) is 4.98 Å². The highest BCUT2D eigenvalue weighted by Crippen LogP contribution is 2.39. The van der Waals surface area contributed by atoms with Crippen LogP contribution in [-0.4, -0.2) is 18.7 Å². The van der Waals surface area contributed by atoms with E-state index in [0.717, 1.165) is 39.5 Å². The minimum atomic E-state index is 0.876. The molecule has 0 N–H and O–H groups in total. The Labute approximate surface area is 300 Å². The Morgan fingerprint density at radius 2 is 0.808 bits per heavy atom. The number of rotatable bonds is 4. The lowest BCUT2D eigenvalue weighted by Crippen LogP contribution is -2.04. The Kier molecular flexibility index (Phi) is 6.13. The van der Waals surface area contributed by atoms with Gasteiger partial charge in [-0.05, 0) is 61.5 Å². The second-order valence-electron chi connectivity index (χ2n) is 13.7. The van der Waals surface area contributed by atoms with Crippen molar-refractivity contribution in [1.82, 2.24) is 18.7 Å². The predicted molar refractivity (Wildman–Crippen MR) is 217 cm³/mol. The fourth-order valence-corrected chi connectivity index (χ4v) is 8.49. The quantitative estimate of drug-likeness (QED) is 0.184. The molecule has 52 heavy (non-hydrogen) atoms. The number of para-hydroxylation sites is 6. The van der Waals surface area contributed by atoms with Gasteiger partial charge in [0.05, 0.1) is 50.2 Å². The first-order valence-corrected chi connectivity index (χ1v) is 17.8. The number of aromatic nitrogens is 4. The summed E-state index contributed by atoms with van der Waals surface area (Å²) in [6.45, 7) is 2.16. The van der Waals surface area contributed by atoms with Crippen LogP contribution in [0.3, 0.4) is 0 Å². The van der Waals surface area contributed by atoms with Crippen LogP contribution in [-0.2, 0) is 0 Å². The number of benzene rings is 7. The highest BCUT2D eigenvalue weighted by atomic mass is 15.1. The van der Waals surface area contributed by atoms with E-state index in [1.54, 1.807) is 0 Å². The molecular formula is C48H32N4. The Hall–Kier alpha value is -6.91. The third-order valence-electron chi connectivity index (χ3n) is 10.7. The first-order valence-electron chi connectivity index (χ1n) is 17.8. The summed E-state index contributed by atoms with van der Waals surface area (Å²) in [6.07, 6.45) is 0. The van der Waals surface area contributed by atoms with E-state index in [2.05, 4.69) is 197 Å². The number of pyridine rings is 1. The van der Waals surface area contributed by atoms with Crippen LogP contribution in [0.5, 0.6) is 0 Å². The summed E-state index contributed by atoms with van der Waals surface area (Å²) >= 11 is 0. The maximum Gasteiger partial charge on any atom is 0.140 e. The molecule has 4 heterocycles. The minimum Gasteiger partial charge on any atom is -0.309 e. The summed E-state index contributed by atoms with van der Waals surface area (Å²) in [7, 11) is 0. The fraction of sp³-hybridized carbons (Fsp3) is 0.0208. The van der Waals surface area contributed by atoms with Crippen molar-refractivity contribution in [3.8, 4) is 28.5 Å². The van der Waals surface area contributed by atoms with Gasteiger partial charge in [0.1, 0.15) is 5.82 Å². The van der Waals surface area contributed by atoms with Crippen molar-refractivity contribution < 1.29 is 0 Å². The molecule has 11 rings (SSSR count). The van der Waals surface area contributed by atoms with E-state index < -0.39 is 0 Å². The summed E-state index contributed by atoms with van der Waals surface area (Å²) in [5, 5.41) is 7.39. The van der Waals surface area contributed by atoms with Crippen molar-refractivity contribution in [2.45, 2.75) is 6.92 Å². The molecule has 0 aliphatic heterocycles. The van der Waals surface area contributed by atoms with Crippen LogP contribution >= 0.6 is 0 Å². The van der Waals surface area contributed by atoms with Crippen molar-refractivity contribution in [3.63, 3.8) is 0 Å². The lowest BCUT2D eigenvalue weighted by Gasteiger charge is -2.17. The molecule has 11 aromatic rings. The number of nitrogens with zero attached hydrogens (tertiary/aromatic N) is 4. The summed E-state index contributed by atoms with van der Waals surface area (Å²) in [5.41, 5.74) is 12.3. The van der Waals surface area contributed by atoms with Crippen LogP contribution in [0.15, 0.2) is 176 Å². The molecule has 0 saturated heterocycles. The van der Waals surface area contributed by atoms with Gasteiger partial charge >= 0.3 is 0 Å². The SMILES string of the molecule is Cc1ccc2c(c1)c1ccccc1n2-c1cc(-n2c3ccccc3c3ccccc32)cc(-c2ccccc2-n2c3ccccc3c3ccccc32)n1. The van der Waals surface area contributed by atoms with Gasteiger partial charge in [0, 0.05) is 43.9 Å². The van der Waals surface area contributed by atoms with E-state index in [9.17, 15) is 0 Å². The molecule has 4 aromatic heterocycles. The smallest absolute Gasteiger partial charge is 0.140 e. The molecule has 7 aromatic carbocycles. The van der Waals surface area contributed by atoms with Crippen LogP contribution in [0.25, 0.3) is 93.9 Å². The van der Waals surface area contributed by atoms with Crippen molar-refractivity contribution in [2.24, 2.45) is 0 Å². The molecule has 0 unspecified atom stereocenters. The van der Waals surface area contributed by atoms with Gasteiger partial charge in [-0.15, -0.1) is 0 Å². The number of aryl methyl sites for hydroxylation is 1. The van der Waals surface area contributed by atoms with Gasteiger partial charge in [-0.25, -0.2) is 4.98 Å². The Balaban J connectivity index is 1.27. The highest BCUT2D eigenvalue weighted by molar-refractivity contribution is 6.12. The van der Waals surface area contributed by atoms with E-state index in [-0.39, 0.29) is 0 Å². The Bertz CT molecular complexity index is 3100.